The highest BCUT2D eigenvalue weighted by atomic mass is 35.5. The molecule has 140 valence electrons. The summed E-state index contributed by atoms with van der Waals surface area (Å²) in [5.74, 6) is -0.273. The van der Waals surface area contributed by atoms with Gasteiger partial charge in [-0.25, -0.2) is 0 Å². The fraction of sp³-hybridized carbons (Fsp3) is 0.211. The second-order valence-electron chi connectivity index (χ2n) is 5.51. The molecule has 0 bridgehead atoms. The van der Waals surface area contributed by atoms with Crippen molar-refractivity contribution in [2.45, 2.75) is 13.5 Å². The van der Waals surface area contributed by atoms with Crippen LogP contribution in [-0.2, 0) is 16.1 Å². The Labute approximate surface area is 164 Å². The van der Waals surface area contributed by atoms with Crippen molar-refractivity contribution in [3.63, 3.8) is 0 Å². The van der Waals surface area contributed by atoms with Gasteiger partial charge in [0.2, 0.25) is 0 Å². The fourth-order valence-corrected chi connectivity index (χ4v) is 3.84. The molecule has 0 aliphatic carbocycles. The molecular weight excluding hydrogens is 388 g/mol. The predicted octanol–water partition coefficient (Wildman–Crippen LogP) is 3.67. The average Bonchev–Trinajstić information content (AvgIpc) is 2.99. The molecule has 0 spiro atoms. The van der Waals surface area contributed by atoms with E-state index < -0.39 is 11.9 Å². The Balaban J connectivity index is 2.16. The fourth-order valence-electron chi connectivity index (χ4n) is 2.60. The number of fused-ring (bicyclic) bond motifs is 1. The second kappa shape index (κ2) is 8.37. The maximum absolute atomic E-state index is 12.6. The molecule has 0 radical (unpaired) electrons. The number of hydrogen-bond donors (Lipinski definition) is 0. The van der Waals surface area contributed by atoms with Gasteiger partial charge in [-0.05, 0) is 37.3 Å². The minimum atomic E-state index is -0.444. The maximum atomic E-state index is 12.6. The van der Waals surface area contributed by atoms with Gasteiger partial charge in [-0.1, -0.05) is 35.1 Å². The molecule has 2 aromatic carbocycles. The van der Waals surface area contributed by atoms with Crippen LogP contribution < -0.4 is 9.54 Å². The number of amides is 1. The minimum absolute atomic E-state index is 0.0735. The van der Waals surface area contributed by atoms with Crippen LogP contribution in [0.3, 0.4) is 0 Å². The number of carbonyl (C=O) groups is 2. The molecular formula is C19H17ClN2O4S. The molecule has 0 saturated carbocycles. The molecule has 6 nitrogen and oxygen atoms in total. The zero-order valence-electron chi connectivity index (χ0n) is 14.8. The van der Waals surface area contributed by atoms with E-state index in [1.54, 1.807) is 48.9 Å². The summed E-state index contributed by atoms with van der Waals surface area (Å²) < 4.78 is 13.0. The molecule has 1 aromatic heterocycles. The Bertz CT molecular complexity index is 1070. The first-order valence-electron chi connectivity index (χ1n) is 8.20. The Morgan fingerprint density at radius 1 is 1.22 bits per heavy atom. The number of nitrogens with zero attached hydrogens (tertiary/aromatic N) is 2. The first-order valence-corrected chi connectivity index (χ1v) is 9.39. The number of aromatic nitrogens is 1. The van der Waals surface area contributed by atoms with Gasteiger partial charge in [-0.15, -0.1) is 0 Å². The molecule has 3 aromatic rings. The van der Waals surface area contributed by atoms with E-state index in [1.807, 2.05) is 12.1 Å². The molecule has 3 rings (SSSR count). The van der Waals surface area contributed by atoms with E-state index >= 15 is 0 Å². The van der Waals surface area contributed by atoms with Gasteiger partial charge in [0.25, 0.3) is 5.91 Å². The van der Waals surface area contributed by atoms with Crippen molar-refractivity contribution in [2.75, 3.05) is 13.7 Å². The number of para-hydroxylation sites is 1. The lowest BCUT2D eigenvalue weighted by molar-refractivity contribution is -0.143. The number of thiazole rings is 1. The minimum Gasteiger partial charge on any atom is -0.495 e. The molecule has 0 fully saturated rings. The highest BCUT2D eigenvalue weighted by Gasteiger charge is 2.16. The third-order valence-electron chi connectivity index (χ3n) is 3.75. The predicted molar refractivity (Wildman–Crippen MR) is 104 cm³/mol. The van der Waals surface area contributed by atoms with Gasteiger partial charge in [0, 0.05) is 10.6 Å². The molecule has 0 N–H and O–H groups in total. The summed E-state index contributed by atoms with van der Waals surface area (Å²) in [7, 11) is 1.55. The van der Waals surface area contributed by atoms with E-state index in [4.69, 9.17) is 21.1 Å². The van der Waals surface area contributed by atoms with Crippen LogP contribution >= 0.6 is 22.9 Å². The summed E-state index contributed by atoms with van der Waals surface area (Å²) in [6.45, 7) is 1.94. The highest BCUT2D eigenvalue weighted by molar-refractivity contribution is 7.16. The van der Waals surface area contributed by atoms with Gasteiger partial charge >= 0.3 is 5.97 Å². The number of halogens is 1. The maximum Gasteiger partial charge on any atom is 0.326 e. The van der Waals surface area contributed by atoms with Crippen molar-refractivity contribution in [1.29, 1.82) is 0 Å². The first-order chi connectivity index (χ1) is 13.0. The number of methoxy groups -OCH3 is 1. The lowest BCUT2D eigenvalue weighted by Gasteiger charge is -2.08. The van der Waals surface area contributed by atoms with E-state index in [0.29, 0.717) is 26.7 Å². The van der Waals surface area contributed by atoms with Crippen molar-refractivity contribution in [3.05, 3.63) is 57.9 Å². The normalized spacial score (nSPS) is 11.6. The van der Waals surface area contributed by atoms with E-state index in [9.17, 15) is 9.59 Å². The zero-order chi connectivity index (χ0) is 19.4. The third kappa shape index (κ3) is 4.20. The Morgan fingerprint density at radius 2 is 2.00 bits per heavy atom. The van der Waals surface area contributed by atoms with E-state index in [1.165, 1.54) is 11.3 Å². The van der Waals surface area contributed by atoms with Crippen LogP contribution in [0.15, 0.2) is 47.5 Å². The van der Waals surface area contributed by atoms with Crippen LogP contribution in [0.1, 0.15) is 17.3 Å². The largest absolute Gasteiger partial charge is 0.495 e. The van der Waals surface area contributed by atoms with Crippen LogP contribution in [0.2, 0.25) is 5.02 Å². The number of benzene rings is 2. The van der Waals surface area contributed by atoms with Gasteiger partial charge in [0.05, 0.1) is 18.4 Å². The van der Waals surface area contributed by atoms with Gasteiger partial charge in [-0.2, -0.15) is 4.99 Å². The quantitative estimate of drug-likeness (QED) is 0.608. The molecule has 8 heteroatoms. The summed E-state index contributed by atoms with van der Waals surface area (Å²) in [6, 6.07) is 12.1. The summed E-state index contributed by atoms with van der Waals surface area (Å²) in [4.78, 5) is 29.3. The molecule has 0 saturated heterocycles. The van der Waals surface area contributed by atoms with Crippen molar-refractivity contribution in [2.24, 2.45) is 4.99 Å². The molecule has 0 atom stereocenters. The summed E-state index contributed by atoms with van der Waals surface area (Å²) in [5.41, 5.74) is 1.06. The first kappa shape index (κ1) is 19.1. The van der Waals surface area contributed by atoms with Gasteiger partial charge in [0.1, 0.15) is 17.8 Å². The Kier molecular flexibility index (Phi) is 5.93. The number of carbonyl (C=O) groups excluding carboxylic acids is 2. The van der Waals surface area contributed by atoms with E-state index in [-0.39, 0.29) is 13.2 Å². The molecule has 0 aliphatic rings. The summed E-state index contributed by atoms with van der Waals surface area (Å²) in [6.07, 6.45) is 0. The van der Waals surface area contributed by atoms with Crippen molar-refractivity contribution < 1.29 is 19.1 Å². The summed E-state index contributed by atoms with van der Waals surface area (Å²) in [5, 5.41) is 0.452. The lowest BCUT2D eigenvalue weighted by atomic mass is 10.2. The molecule has 0 unspecified atom stereocenters. The molecule has 0 aliphatic heterocycles. The average molecular weight is 405 g/mol. The van der Waals surface area contributed by atoms with Crippen LogP contribution in [0.5, 0.6) is 5.75 Å². The number of rotatable bonds is 5. The second-order valence-corrected chi connectivity index (χ2v) is 6.96. The van der Waals surface area contributed by atoms with Gasteiger partial charge in [0.15, 0.2) is 4.80 Å². The van der Waals surface area contributed by atoms with Gasteiger partial charge in [-0.3, -0.25) is 9.59 Å². The Morgan fingerprint density at radius 3 is 2.70 bits per heavy atom. The SMILES string of the molecule is CCOC(=O)Cn1c(=NC(=O)c2cccc(Cl)c2)sc2cccc(OC)c21. The highest BCUT2D eigenvalue weighted by Crippen LogP contribution is 2.27. The molecule has 1 amide bonds. The van der Waals surface area contributed by atoms with E-state index in [2.05, 4.69) is 4.99 Å². The molecule has 27 heavy (non-hydrogen) atoms. The smallest absolute Gasteiger partial charge is 0.326 e. The zero-order valence-corrected chi connectivity index (χ0v) is 16.3. The van der Waals surface area contributed by atoms with Crippen molar-refractivity contribution >= 4 is 45.0 Å². The van der Waals surface area contributed by atoms with Crippen LogP contribution in [0.4, 0.5) is 0 Å². The topological polar surface area (TPSA) is 69.9 Å². The van der Waals surface area contributed by atoms with Crippen LogP contribution in [0.25, 0.3) is 10.2 Å². The van der Waals surface area contributed by atoms with E-state index in [0.717, 1.165) is 4.70 Å². The lowest BCUT2D eigenvalue weighted by Crippen LogP contribution is -2.23. The number of ether oxygens (including phenoxy) is 2. The monoisotopic (exact) mass is 404 g/mol. The standard InChI is InChI=1S/C19H17ClN2O4S/c1-3-26-16(23)11-22-17-14(25-2)8-5-9-15(17)27-19(22)21-18(24)12-6-4-7-13(20)10-12/h4-10H,3,11H2,1-2H3. The van der Waals surface area contributed by atoms with Crippen LogP contribution in [-0.4, -0.2) is 30.2 Å². The number of hydrogen-bond acceptors (Lipinski definition) is 5. The Hall–Kier alpha value is -2.64. The van der Waals surface area contributed by atoms with Crippen molar-refractivity contribution in [3.8, 4) is 5.75 Å². The van der Waals surface area contributed by atoms with Gasteiger partial charge < -0.3 is 14.0 Å². The van der Waals surface area contributed by atoms with Crippen molar-refractivity contribution in [1.82, 2.24) is 4.57 Å². The number of esters is 1. The molecule has 1 heterocycles. The third-order valence-corrected chi connectivity index (χ3v) is 5.02. The van der Waals surface area contributed by atoms with Crippen LogP contribution in [0, 0.1) is 0 Å². The summed E-state index contributed by atoms with van der Waals surface area (Å²) >= 11 is 7.25.